The number of hydrogen-bond donors (Lipinski definition) is 2. The van der Waals surface area contributed by atoms with E-state index in [0.29, 0.717) is 12.4 Å². The van der Waals surface area contributed by atoms with Crippen LogP contribution < -0.4 is 11.1 Å². The number of nitrogens with zero attached hydrogens (tertiary/aromatic N) is 1. The summed E-state index contributed by atoms with van der Waals surface area (Å²) in [6.45, 7) is 2.38. The summed E-state index contributed by atoms with van der Waals surface area (Å²) in [5.74, 6) is 0.608. The maximum absolute atomic E-state index is 12.3. The van der Waals surface area contributed by atoms with E-state index in [1.165, 1.54) is 0 Å². The number of carbonyl (C=O) groups excluding carboxylic acids is 1. The number of nitrogens with two attached hydrogens (primary N) is 1. The zero-order chi connectivity index (χ0) is 13.2. The molecule has 1 aromatic rings. The van der Waals surface area contributed by atoms with Crippen LogP contribution in [0.1, 0.15) is 31.2 Å². The Hall–Kier alpha value is -0.940. The predicted octanol–water partition coefficient (Wildman–Crippen LogP) is 2.61. The maximum atomic E-state index is 12.3. The summed E-state index contributed by atoms with van der Waals surface area (Å²) in [5, 5.41) is 2.89. The van der Waals surface area contributed by atoms with Gasteiger partial charge >= 0.3 is 0 Å². The lowest BCUT2D eigenvalue weighted by Gasteiger charge is -2.25. The number of hydrogen-bond acceptors (Lipinski definition) is 3. The highest BCUT2D eigenvalue weighted by Crippen LogP contribution is 2.38. The number of nitrogens with one attached hydrogen (secondary N) is 1. The fourth-order valence-electron chi connectivity index (χ4n) is 2.43. The summed E-state index contributed by atoms with van der Waals surface area (Å²) in [6, 6.07) is 1.86. The number of amides is 1. The number of rotatable bonds is 3. The van der Waals surface area contributed by atoms with Gasteiger partial charge in [0.25, 0.3) is 0 Å². The molecule has 0 aromatic carbocycles. The van der Waals surface area contributed by atoms with Crippen LogP contribution >= 0.6 is 15.9 Å². The molecule has 0 radical (unpaired) electrons. The van der Waals surface area contributed by atoms with Gasteiger partial charge in [-0.15, -0.1) is 0 Å². The van der Waals surface area contributed by atoms with Crippen LogP contribution in [0.2, 0.25) is 0 Å². The van der Waals surface area contributed by atoms with Crippen molar-refractivity contribution in [1.29, 1.82) is 0 Å². The van der Waals surface area contributed by atoms with Gasteiger partial charge in [-0.25, -0.2) is 4.98 Å². The van der Waals surface area contributed by atoms with Crippen LogP contribution in [0.3, 0.4) is 0 Å². The standard InChI is InChI=1S/C13H18BrN3O/c1-9-6-11(16-7-10(9)14)17-12(18)13(8-15)4-2-3-5-13/h6-7H,2-5,8,15H2,1H3,(H,16,17,18). The Morgan fingerprint density at radius 1 is 1.56 bits per heavy atom. The van der Waals surface area contributed by atoms with E-state index >= 15 is 0 Å². The average Bonchev–Trinajstić information content (AvgIpc) is 2.84. The monoisotopic (exact) mass is 311 g/mol. The van der Waals surface area contributed by atoms with E-state index in [0.717, 1.165) is 35.7 Å². The molecule has 0 aliphatic heterocycles. The average molecular weight is 312 g/mol. The zero-order valence-corrected chi connectivity index (χ0v) is 12.1. The van der Waals surface area contributed by atoms with E-state index in [1.54, 1.807) is 6.20 Å². The summed E-state index contributed by atoms with van der Waals surface area (Å²) in [4.78, 5) is 16.5. The van der Waals surface area contributed by atoms with Gasteiger partial charge in [-0.2, -0.15) is 0 Å². The second-order valence-electron chi connectivity index (χ2n) is 4.96. The summed E-state index contributed by atoms with van der Waals surface area (Å²) < 4.78 is 0.940. The van der Waals surface area contributed by atoms with Gasteiger partial charge in [0.15, 0.2) is 0 Å². The Morgan fingerprint density at radius 3 is 2.78 bits per heavy atom. The highest BCUT2D eigenvalue weighted by atomic mass is 79.9. The third kappa shape index (κ3) is 2.57. The molecule has 2 rings (SSSR count). The fraction of sp³-hybridized carbons (Fsp3) is 0.538. The second kappa shape index (κ2) is 5.36. The van der Waals surface area contributed by atoms with Crippen molar-refractivity contribution in [2.24, 2.45) is 11.1 Å². The molecule has 0 bridgehead atoms. The highest BCUT2D eigenvalue weighted by Gasteiger charge is 2.39. The molecule has 1 saturated carbocycles. The first-order chi connectivity index (χ1) is 8.57. The van der Waals surface area contributed by atoms with Crippen LogP contribution in [0.15, 0.2) is 16.7 Å². The lowest BCUT2D eigenvalue weighted by atomic mass is 9.85. The molecule has 0 spiro atoms. The van der Waals surface area contributed by atoms with Crippen LogP contribution in [0, 0.1) is 12.3 Å². The Morgan fingerprint density at radius 2 is 2.22 bits per heavy atom. The molecular formula is C13H18BrN3O. The number of pyridine rings is 1. The molecule has 18 heavy (non-hydrogen) atoms. The highest BCUT2D eigenvalue weighted by molar-refractivity contribution is 9.10. The fourth-order valence-corrected chi connectivity index (χ4v) is 2.65. The van der Waals surface area contributed by atoms with Gasteiger partial charge in [0, 0.05) is 17.2 Å². The third-order valence-electron chi connectivity index (χ3n) is 3.72. The first kappa shape index (κ1) is 13.5. The van der Waals surface area contributed by atoms with Crippen LogP contribution in [0.5, 0.6) is 0 Å². The minimum Gasteiger partial charge on any atom is -0.329 e. The molecule has 0 unspecified atom stereocenters. The molecule has 0 atom stereocenters. The van der Waals surface area contributed by atoms with E-state index in [2.05, 4.69) is 26.2 Å². The molecule has 1 aliphatic rings. The molecule has 0 saturated heterocycles. The summed E-state index contributed by atoms with van der Waals surface area (Å²) >= 11 is 3.39. The Kier molecular flexibility index (Phi) is 4.02. The molecule has 5 heteroatoms. The first-order valence-corrected chi connectivity index (χ1v) is 7.00. The molecule has 1 amide bonds. The summed E-state index contributed by atoms with van der Waals surface area (Å²) in [6.07, 6.45) is 5.62. The molecule has 98 valence electrons. The molecular weight excluding hydrogens is 294 g/mol. The Bertz CT molecular complexity index is 456. The number of halogens is 1. The van der Waals surface area contributed by atoms with E-state index in [9.17, 15) is 4.79 Å². The van der Waals surface area contributed by atoms with E-state index < -0.39 is 0 Å². The van der Waals surface area contributed by atoms with Crippen molar-refractivity contribution < 1.29 is 4.79 Å². The van der Waals surface area contributed by atoms with Gasteiger partial charge in [-0.05, 0) is 47.3 Å². The topological polar surface area (TPSA) is 68.0 Å². The molecule has 1 aromatic heterocycles. The lowest BCUT2D eigenvalue weighted by Crippen LogP contribution is -2.40. The zero-order valence-electron chi connectivity index (χ0n) is 10.5. The van der Waals surface area contributed by atoms with E-state index in [-0.39, 0.29) is 11.3 Å². The van der Waals surface area contributed by atoms with Crippen molar-refractivity contribution in [2.45, 2.75) is 32.6 Å². The van der Waals surface area contributed by atoms with Crippen molar-refractivity contribution in [1.82, 2.24) is 4.98 Å². The van der Waals surface area contributed by atoms with Gasteiger partial charge in [0.2, 0.25) is 5.91 Å². The summed E-state index contributed by atoms with van der Waals surface area (Å²) in [7, 11) is 0. The van der Waals surface area contributed by atoms with Gasteiger partial charge in [0.1, 0.15) is 5.82 Å². The molecule has 3 N–H and O–H groups in total. The van der Waals surface area contributed by atoms with Crippen molar-refractivity contribution in [3.63, 3.8) is 0 Å². The van der Waals surface area contributed by atoms with Gasteiger partial charge in [0.05, 0.1) is 5.41 Å². The van der Waals surface area contributed by atoms with E-state index in [4.69, 9.17) is 5.73 Å². The van der Waals surface area contributed by atoms with Gasteiger partial charge < -0.3 is 11.1 Å². The SMILES string of the molecule is Cc1cc(NC(=O)C2(CN)CCCC2)ncc1Br. The van der Waals surface area contributed by atoms with Crippen molar-refractivity contribution in [3.8, 4) is 0 Å². The minimum atomic E-state index is -0.386. The van der Waals surface area contributed by atoms with Crippen molar-refractivity contribution >= 4 is 27.7 Å². The predicted molar refractivity (Wildman–Crippen MR) is 75.3 cm³/mol. The minimum absolute atomic E-state index is 0.0109. The molecule has 1 fully saturated rings. The summed E-state index contributed by atoms with van der Waals surface area (Å²) in [5.41, 5.74) is 6.45. The molecule has 1 heterocycles. The second-order valence-corrected chi connectivity index (χ2v) is 5.82. The third-order valence-corrected chi connectivity index (χ3v) is 4.55. The number of aryl methyl sites for hydroxylation is 1. The van der Waals surface area contributed by atoms with Crippen molar-refractivity contribution in [2.75, 3.05) is 11.9 Å². The maximum Gasteiger partial charge on any atom is 0.233 e. The number of carbonyl (C=O) groups is 1. The van der Waals surface area contributed by atoms with Crippen LogP contribution in [0.4, 0.5) is 5.82 Å². The smallest absolute Gasteiger partial charge is 0.233 e. The molecule has 4 nitrogen and oxygen atoms in total. The van der Waals surface area contributed by atoms with Crippen LogP contribution in [0.25, 0.3) is 0 Å². The Balaban J connectivity index is 2.13. The normalized spacial score (nSPS) is 17.7. The Labute approximate surface area is 115 Å². The first-order valence-electron chi connectivity index (χ1n) is 6.21. The largest absolute Gasteiger partial charge is 0.329 e. The van der Waals surface area contributed by atoms with Crippen molar-refractivity contribution in [3.05, 3.63) is 22.3 Å². The van der Waals surface area contributed by atoms with Gasteiger partial charge in [-0.3, -0.25) is 4.79 Å². The lowest BCUT2D eigenvalue weighted by molar-refractivity contribution is -0.124. The van der Waals surface area contributed by atoms with Crippen LogP contribution in [-0.4, -0.2) is 17.4 Å². The number of aromatic nitrogens is 1. The van der Waals surface area contributed by atoms with Crippen LogP contribution in [-0.2, 0) is 4.79 Å². The molecule has 1 aliphatic carbocycles. The van der Waals surface area contributed by atoms with Gasteiger partial charge in [-0.1, -0.05) is 12.8 Å². The quantitative estimate of drug-likeness (QED) is 0.901. The number of anilines is 1. The van der Waals surface area contributed by atoms with E-state index in [1.807, 2.05) is 13.0 Å².